The van der Waals surface area contributed by atoms with Crippen LogP contribution in [-0.4, -0.2) is 17.8 Å². The van der Waals surface area contributed by atoms with Crippen molar-refractivity contribution < 1.29 is 5.11 Å². The maximum absolute atomic E-state index is 9.82. The lowest BCUT2D eigenvalue weighted by Crippen LogP contribution is -2.50. The van der Waals surface area contributed by atoms with Crippen molar-refractivity contribution in [1.29, 1.82) is 0 Å². The van der Waals surface area contributed by atoms with Gasteiger partial charge >= 0.3 is 0 Å². The van der Waals surface area contributed by atoms with Gasteiger partial charge in [-0.2, -0.15) is 0 Å². The van der Waals surface area contributed by atoms with Crippen LogP contribution in [0.3, 0.4) is 0 Å². The van der Waals surface area contributed by atoms with Crippen molar-refractivity contribution in [3.8, 4) is 0 Å². The normalized spacial score (nSPS) is 30.8. The zero-order chi connectivity index (χ0) is 13.9. The van der Waals surface area contributed by atoms with Crippen LogP contribution in [0.15, 0.2) is 30.3 Å². The van der Waals surface area contributed by atoms with Gasteiger partial charge in [-0.15, -0.1) is 0 Å². The van der Waals surface area contributed by atoms with Crippen LogP contribution in [0.4, 0.5) is 0 Å². The van der Waals surface area contributed by atoms with E-state index in [1.807, 2.05) is 18.2 Å². The molecule has 2 nitrogen and oxygen atoms in total. The number of rotatable bonds is 4. The second-order valence-electron chi connectivity index (χ2n) is 6.47. The number of aliphatic hydroxyl groups is 1. The van der Waals surface area contributed by atoms with Crippen LogP contribution in [0.5, 0.6) is 0 Å². The van der Waals surface area contributed by atoms with E-state index in [2.05, 4.69) is 38.2 Å². The Hall–Kier alpha value is -0.860. The van der Waals surface area contributed by atoms with Gasteiger partial charge in [0.25, 0.3) is 0 Å². The summed E-state index contributed by atoms with van der Waals surface area (Å²) >= 11 is 0. The average molecular weight is 261 g/mol. The van der Waals surface area contributed by atoms with Gasteiger partial charge < -0.3 is 10.4 Å². The smallest absolute Gasteiger partial charge is 0.0652 e. The van der Waals surface area contributed by atoms with E-state index in [0.29, 0.717) is 6.04 Å². The van der Waals surface area contributed by atoms with Crippen molar-refractivity contribution in [2.75, 3.05) is 6.61 Å². The molecule has 0 aliphatic heterocycles. The third kappa shape index (κ3) is 3.37. The molecule has 1 aliphatic rings. The van der Waals surface area contributed by atoms with E-state index >= 15 is 0 Å². The Bertz CT molecular complexity index is 392. The molecule has 2 heteroatoms. The first-order valence-corrected chi connectivity index (χ1v) is 7.49. The van der Waals surface area contributed by atoms with Crippen LogP contribution in [0.1, 0.15) is 45.6 Å². The topological polar surface area (TPSA) is 32.3 Å². The fraction of sp³-hybridized carbons (Fsp3) is 0.647. The Labute approximate surface area is 117 Å². The van der Waals surface area contributed by atoms with Gasteiger partial charge in [-0.05, 0) is 43.6 Å². The van der Waals surface area contributed by atoms with E-state index in [1.54, 1.807) is 0 Å². The molecule has 0 heterocycles. The third-order valence-electron chi connectivity index (χ3n) is 4.85. The highest BCUT2D eigenvalue weighted by Gasteiger charge is 2.32. The van der Waals surface area contributed by atoms with E-state index < -0.39 is 0 Å². The molecule has 2 N–H and O–H groups in total. The standard InChI is InChI=1S/C17H27NO/c1-13-9-10-16(11-14(13)2)18-17(3,12-19)15-7-5-4-6-8-15/h4-8,13-14,16,18-19H,9-12H2,1-3H3. The lowest BCUT2D eigenvalue weighted by Gasteiger charge is -2.39. The fourth-order valence-electron chi connectivity index (χ4n) is 3.16. The average Bonchev–Trinajstić information content (AvgIpc) is 2.44. The van der Waals surface area contributed by atoms with Crippen molar-refractivity contribution >= 4 is 0 Å². The summed E-state index contributed by atoms with van der Waals surface area (Å²) in [5.74, 6) is 1.60. The van der Waals surface area contributed by atoms with E-state index in [9.17, 15) is 5.11 Å². The molecular weight excluding hydrogens is 234 g/mol. The zero-order valence-electron chi connectivity index (χ0n) is 12.4. The Balaban J connectivity index is 2.07. The molecule has 4 atom stereocenters. The summed E-state index contributed by atoms with van der Waals surface area (Å²) in [6.07, 6.45) is 3.71. The molecule has 1 saturated carbocycles. The maximum Gasteiger partial charge on any atom is 0.0652 e. The molecule has 1 aromatic rings. The predicted molar refractivity (Wildman–Crippen MR) is 80.0 cm³/mol. The number of aliphatic hydroxyl groups excluding tert-OH is 1. The number of hydrogen-bond acceptors (Lipinski definition) is 2. The summed E-state index contributed by atoms with van der Waals surface area (Å²) in [5.41, 5.74) is 0.843. The van der Waals surface area contributed by atoms with Gasteiger partial charge in [0.15, 0.2) is 0 Å². The molecule has 19 heavy (non-hydrogen) atoms. The largest absolute Gasteiger partial charge is 0.394 e. The molecule has 0 amide bonds. The molecule has 1 fully saturated rings. The number of benzene rings is 1. The van der Waals surface area contributed by atoms with Crippen molar-refractivity contribution in [2.45, 2.75) is 51.6 Å². The highest BCUT2D eigenvalue weighted by molar-refractivity contribution is 5.24. The lowest BCUT2D eigenvalue weighted by atomic mass is 9.78. The lowest BCUT2D eigenvalue weighted by molar-refractivity contribution is 0.131. The molecule has 106 valence electrons. The van der Waals surface area contributed by atoms with E-state index in [1.165, 1.54) is 24.8 Å². The van der Waals surface area contributed by atoms with Gasteiger partial charge in [-0.25, -0.2) is 0 Å². The first kappa shape index (κ1) is 14.5. The van der Waals surface area contributed by atoms with Gasteiger partial charge in [0.05, 0.1) is 12.1 Å². The molecule has 1 aliphatic carbocycles. The molecule has 0 aromatic heterocycles. The SMILES string of the molecule is CC1CCC(NC(C)(CO)c2ccccc2)CC1C. The fourth-order valence-corrected chi connectivity index (χ4v) is 3.16. The first-order chi connectivity index (χ1) is 9.05. The highest BCUT2D eigenvalue weighted by Crippen LogP contribution is 2.31. The minimum absolute atomic E-state index is 0.136. The van der Waals surface area contributed by atoms with Crippen LogP contribution < -0.4 is 5.32 Å². The second kappa shape index (κ2) is 6.06. The van der Waals surface area contributed by atoms with Gasteiger partial charge in [-0.3, -0.25) is 0 Å². The minimum atomic E-state index is -0.327. The number of hydrogen-bond donors (Lipinski definition) is 2. The van der Waals surface area contributed by atoms with E-state index in [0.717, 1.165) is 11.8 Å². The summed E-state index contributed by atoms with van der Waals surface area (Å²) < 4.78 is 0. The van der Waals surface area contributed by atoms with Gasteiger partial charge in [-0.1, -0.05) is 44.2 Å². The van der Waals surface area contributed by atoms with Gasteiger partial charge in [0, 0.05) is 6.04 Å². The van der Waals surface area contributed by atoms with Crippen molar-refractivity contribution in [2.24, 2.45) is 11.8 Å². The quantitative estimate of drug-likeness (QED) is 0.871. The molecule has 0 radical (unpaired) electrons. The van der Waals surface area contributed by atoms with Gasteiger partial charge in [0.1, 0.15) is 0 Å². The predicted octanol–water partition coefficient (Wildman–Crippen LogP) is 3.31. The van der Waals surface area contributed by atoms with E-state index in [4.69, 9.17) is 0 Å². The maximum atomic E-state index is 9.82. The summed E-state index contributed by atoms with van der Waals surface area (Å²) in [4.78, 5) is 0. The Morgan fingerprint density at radius 1 is 1.16 bits per heavy atom. The highest BCUT2D eigenvalue weighted by atomic mass is 16.3. The Morgan fingerprint density at radius 3 is 2.42 bits per heavy atom. The van der Waals surface area contributed by atoms with Crippen LogP contribution in [0.2, 0.25) is 0 Å². The van der Waals surface area contributed by atoms with Crippen LogP contribution >= 0.6 is 0 Å². The van der Waals surface area contributed by atoms with Crippen molar-refractivity contribution in [3.05, 3.63) is 35.9 Å². The number of nitrogens with one attached hydrogen (secondary N) is 1. The zero-order valence-corrected chi connectivity index (χ0v) is 12.4. The van der Waals surface area contributed by atoms with Gasteiger partial charge in [0.2, 0.25) is 0 Å². The molecule has 0 spiro atoms. The summed E-state index contributed by atoms with van der Waals surface area (Å²) in [5, 5.41) is 13.5. The monoisotopic (exact) mass is 261 g/mol. The summed E-state index contributed by atoms with van der Waals surface area (Å²) in [6.45, 7) is 6.93. The summed E-state index contributed by atoms with van der Waals surface area (Å²) in [7, 11) is 0. The summed E-state index contributed by atoms with van der Waals surface area (Å²) in [6, 6.07) is 10.8. The molecule has 4 unspecified atom stereocenters. The minimum Gasteiger partial charge on any atom is -0.394 e. The van der Waals surface area contributed by atoms with E-state index in [-0.39, 0.29) is 12.1 Å². The Kier molecular flexibility index (Phi) is 4.64. The second-order valence-corrected chi connectivity index (χ2v) is 6.47. The molecule has 0 bridgehead atoms. The Morgan fingerprint density at radius 2 is 1.84 bits per heavy atom. The van der Waals surface area contributed by atoms with Crippen LogP contribution in [0.25, 0.3) is 0 Å². The molecular formula is C17H27NO. The first-order valence-electron chi connectivity index (χ1n) is 7.49. The molecule has 2 rings (SSSR count). The molecule has 0 saturated heterocycles. The van der Waals surface area contributed by atoms with Crippen LogP contribution in [0, 0.1) is 11.8 Å². The molecule has 1 aromatic carbocycles. The van der Waals surface area contributed by atoms with Crippen LogP contribution in [-0.2, 0) is 5.54 Å². The van der Waals surface area contributed by atoms with Crippen molar-refractivity contribution in [3.63, 3.8) is 0 Å². The third-order valence-corrected chi connectivity index (χ3v) is 4.85. The van der Waals surface area contributed by atoms with Crippen molar-refractivity contribution in [1.82, 2.24) is 5.32 Å².